The molecule has 2 rings (SSSR count). The average Bonchev–Trinajstić information content (AvgIpc) is 2.78. The molecule has 0 bridgehead atoms. The number of ether oxygens (including phenoxy) is 1. The van der Waals surface area contributed by atoms with Crippen molar-refractivity contribution in [2.24, 2.45) is 23.7 Å². The third-order valence-corrected chi connectivity index (χ3v) is 7.43. The predicted molar refractivity (Wildman–Crippen MR) is 107 cm³/mol. The van der Waals surface area contributed by atoms with Crippen molar-refractivity contribution in [3.05, 3.63) is 0 Å². The summed E-state index contributed by atoms with van der Waals surface area (Å²) in [6.45, 7) is -0.196. The van der Waals surface area contributed by atoms with Gasteiger partial charge in [0.1, 0.15) is 0 Å². The van der Waals surface area contributed by atoms with E-state index in [-0.39, 0.29) is 0 Å². The average molecular weight is 495 g/mol. The summed E-state index contributed by atoms with van der Waals surface area (Å²) in [6.07, 6.45) is 6.62. The molecule has 33 heavy (non-hydrogen) atoms. The van der Waals surface area contributed by atoms with Gasteiger partial charge in [0.2, 0.25) is 0 Å². The number of hydrogen-bond donors (Lipinski definition) is 0. The van der Waals surface area contributed by atoms with Crippen LogP contribution in [0.3, 0.4) is 0 Å². The Hall–Kier alpha value is -1.09. The molecular formula is C23H34F8O2. The van der Waals surface area contributed by atoms with Gasteiger partial charge in [-0.3, -0.25) is 4.79 Å². The molecule has 2 saturated carbocycles. The van der Waals surface area contributed by atoms with E-state index >= 15 is 0 Å². The summed E-state index contributed by atoms with van der Waals surface area (Å²) in [6, 6.07) is 0. The van der Waals surface area contributed by atoms with Gasteiger partial charge in [0, 0.05) is 0 Å². The molecule has 0 aromatic rings. The lowest BCUT2D eigenvalue weighted by molar-refractivity contribution is -0.344. The molecule has 0 aromatic carbocycles. The standard InChI is InChI=1S/C23H34F8O2/c1-2-3-4-5-15-6-8-16(9-7-15)17-10-12-18(13-11-17)19(32)33-14-21(26,27)23(30,31)22(28,29)20(24)25/h15-18,20H,2-14H2,1H3/t15-,16-,17-,18-. The number of esters is 1. The number of halogens is 8. The van der Waals surface area contributed by atoms with E-state index in [1.165, 1.54) is 38.5 Å². The maximum absolute atomic E-state index is 13.6. The first-order chi connectivity index (χ1) is 15.3. The monoisotopic (exact) mass is 494 g/mol. The minimum Gasteiger partial charge on any atom is -0.459 e. The first-order valence-corrected chi connectivity index (χ1v) is 11.9. The molecule has 0 atom stereocenters. The fourth-order valence-corrected chi connectivity index (χ4v) is 5.21. The number of rotatable bonds is 11. The Balaban J connectivity index is 1.77. The molecule has 0 aliphatic heterocycles. The van der Waals surface area contributed by atoms with Gasteiger partial charge in [-0.2, -0.15) is 26.3 Å². The fraction of sp³-hybridized carbons (Fsp3) is 0.957. The highest BCUT2D eigenvalue weighted by Gasteiger charge is 2.75. The zero-order valence-corrected chi connectivity index (χ0v) is 18.9. The first kappa shape index (κ1) is 28.1. The van der Waals surface area contributed by atoms with Crippen molar-refractivity contribution in [2.75, 3.05) is 6.61 Å². The number of alkyl halides is 8. The molecule has 0 N–H and O–H groups in total. The molecule has 0 spiro atoms. The summed E-state index contributed by atoms with van der Waals surface area (Å²) >= 11 is 0. The normalized spacial score (nSPS) is 27.6. The highest BCUT2D eigenvalue weighted by atomic mass is 19.4. The van der Waals surface area contributed by atoms with Gasteiger partial charge >= 0.3 is 30.2 Å². The summed E-state index contributed by atoms with van der Waals surface area (Å²) in [5, 5.41) is 0. The second kappa shape index (κ2) is 11.6. The Morgan fingerprint density at radius 3 is 1.85 bits per heavy atom. The van der Waals surface area contributed by atoms with Crippen LogP contribution in [0.2, 0.25) is 0 Å². The van der Waals surface area contributed by atoms with Crippen LogP contribution in [-0.2, 0) is 9.53 Å². The lowest BCUT2D eigenvalue weighted by Gasteiger charge is -2.37. The highest BCUT2D eigenvalue weighted by Crippen LogP contribution is 2.49. The Labute approximate surface area is 189 Å². The molecule has 10 heteroatoms. The molecule has 2 fully saturated rings. The van der Waals surface area contributed by atoms with Crippen LogP contribution in [0.15, 0.2) is 0 Å². The van der Waals surface area contributed by atoms with Crippen LogP contribution in [0.5, 0.6) is 0 Å². The molecule has 2 aliphatic rings. The smallest absolute Gasteiger partial charge is 0.381 e. The minimum atomic E-state index is -6.36. The number of hydrogen-bond acceptors (Lipinski definition) is 2. The molecule has 194 valence electrons. The van der Waals surface area contributed by atoms with Crippen molar-refractivity contribution in [1.82, 2.24) is 0 Å². The van der Waals surface area contributed by atoms with Crippen molar-refractivity contribution in [3.8, 4) is 0 Å². The van der Waals surface area contributed by atoms with E-state index in [4.69, 9.17) is 0 Å². The Kier molecular flexibility index (Phi) is 9.86. The van der Waals surface area contributed by atoms with Crippen molar-refractivity contribution < 1.29 is 44.7 Å². The maximum atomic E-state index is 13.6. The minimum absolute atomic E-state index is 0.342. The number of carbonyl (C=O) groups excluding carboxylic acids is 1. The predicted octanol–water partition coefficient (Wildman–Crippen LogP) is 7.89. The van der Waals surface area contributed by atoms with Gasteiger partial charge in [0.15, 0.2) is 6.61 Å². The molecule has 0 unspecified atom stereocenters. The summed E-state index contributed by atoms with van der Waals surface area (Å²) in [4.78, 5) is 12.1. The Morgan fingerprint density at radius 1 is 0.848 bits per heavy atom. The third kappa shape index (κ3) is 6.74. The zero-order chi connectivity index (χ0) is 24.9. The van der Waals surface area contributed by atoms with Crippen LogP contribution in [-0.4, -0.2) is 36.8 Å². The van der Waals surface area contributed by atoms with E-state index in [0.29, 0.717) is 37.5 Å². The van der Waals surface area contributed by atoms with Crippen molar-refractivity contribution in [1.29, 1.82) is 0 Å². The first-order valence-electron chi connectivity index (χ1n) is 11.9. The van der Waals surface area contributed by atoms with Crippen LogP contribution in [0.1, 0.15) is 84.0 Å². The summed E-state index contributed by atoms with van der Waals surface area (Å²) < 4.78 is 108. The van der Waals surface area contributed by atoms with Gasteiger partial charge in [-0.15, -0.1) is 0 Å². The molecule has 0 aromatic heterocycles. The Bertz CT molecular complexity index is 610. The lowest BCUT2D eigenvalue weighted by atomic mass is 9.68. The lowest BCUT2D eigenvalue weighted by Crippen LogP contribution is -2.59. The van der Waals surface area contributed by atoms with Gasteiger partial charge in [0.25, 0.3) is 0 Å². The molecule has 0 radical (unpaired) electrons. The topological polar surface area (TPSA) is 26.3 Å². The fourth-order valence-electron chi connectivity index (χ4n) is 5.21. The van der Waals surface area contributed by atoms with E-state index in [2.05, 4.69) is 11.7 Å². The van der Waals surface area contributed by atoms with Crippen LogP contribution >= 0.6 is 0 Å². The second-order valence-electron chi connectivity index (χ2n) is 9.70. The maximum Gasteiger partial charge on any atom is 0.381 e. The zero-order valence-electron chi connectivity index (χ0n) is 18.9. The molecule has 2 nitrogen and oxygen atoms in total. The summed E-state index contributed by atoms with van der Waals surface area (Å²) in [7, 11) is 0. The van der Waals surface area contributed by atoms with Crippen LogP contribution in [0.4, 0.5) is 35.1 Å². The Morgan fingerprint density at radius 2 is 1.36 bits per heavy atom. The van der Waals surface area contributed by atoms with E-state index < -0.39 is 42.7 Å². The van der Waals surface area contributed by atoms with E-state index in [1.54, 1.807) is 0 Å². The molecule has 0 amide bonds. The second-order valence-corrected chi connectivity index (χ2v) is 9.70. The van der Waals surface area contributed by atoms with Crippen LogP contribution in [0.25, 0.3) is 0 Å². The van der Waals surface area contributed by atoms with Crippen molar-refractivity contribution in [3.63, 3.8) is 0 Å². The van der Waals surface area contributed by atoms with Gasteiger partial charge in [0.05, 0.1) is 5.92 Å². The number of unbranched alkanes of at least 4 members (excludes halogenated alkanes) is 2. The number of carbonyl (C=O) groups is 1. The van der Waals surface area contributed by atoms with Crippen molar-refractivity contribution >= 4 is 5.97 Å². The van der Waals surface area contributed by atoms with E-state index in [0.717, 1.165) is 18.8 Å². The van der Waals surface area contributed by atoms with Crippen LogP contribution < -0.4 is 0 Å². The van der Waals surface area contributed by atoms with E-state index in [1.807, 2.05) is 0 Å². The van der Waals surface area contributed by atoms with Gasteiger partial charge < -0.3 is 4.74 Å². The molecule has 0 saturated heterocycles. The largest absolute Gasteiger partial charge is 0.459 e. The van der Waals surface area contributed by atoms with Crippen LogP contribution in [0, 0.1) is 23.7 Å². The summed E-state index contributed by atoms with van der Waals surface area (Å²) in [5.41, 5.74) is 0. The van der Waals surface area contributed by atoms with Gasteiger partial charge in [-0.25, -0.2) is 8.78 Å². The highest BCUT2D eigenvalue weighted by molar-refractivity contribution is 5.72. The van der Waals surface area contributed by atoms with Crippen molar-refractivity contribution in [2.45, 2.75) is 108 Å². The third-order valence-electron chi connectivity index (χ3n) is 7.43. The van der Waals surface area contributed by atoms with E-state index in [9.17, 15) is 39.9 Å². The SMILES string of the molecule is CCCCC[C@H]1CC[C@H]([C@H]2CC[C@H](C(=O)OCC(F)(F)C(F)(F)C(F)(F)C(F)F)CC2)CC1. The quantitative estimate of drug-likeness (QED) is 0.166. The molecule has 2 aliphatic carbocycles. The summed E-state index contributed by atoms with van der Waals surface area (Å²) in [5.74, 6) is -18.5. The molecule has 0 heterocycles. The van der Waals surface area contributed by atoms with Gasteiger partial charge in [-0.1, -0.05) is 45.4 Å². The molecular weight excluding hydrogens is 460 g/mol. The van der Waals surface area contributed by atoms with Gasteiger partial charge in [-0.05, 0) is 56.3 Å².